The van der Waals surface area contributed by atoms with Crippen molar-refractivity contribution in [2.75, 3.05) is 18.1 Å². The van der Waals surface area contributed by atoms with Crippen LogP contribution in [-0.4, -0.2) is 48.3 Å². The van der Waals surface area contributed by atoms with Gasteiger partial charge in [-0.1, -0.05) is 0 Å². The molecule has 0 spiro atoms. The number of carbonyl (C=O) groups is 1. The Morgan fingerprint density at radius 3 is 2.66 bits per heavy atom. The molecule has 0 unspecified atom stereocenters. The van der Waals surface area contributed by atoms with Crippen molar-refractivity contribution in [1.29, 1.82) is 0 Å². The average molecular weight is 432 g/mol. The summed E-state index contributed by atoms with van der Waals surface area (Å²) in [7, 11) is 3.54. The van der Waals surface area contributed by atoms with Gasteiger partial charge in [0.2, 0.25) is 5.88 Å². The van der Waals surface area contributed by atoms with Gasteiger partial charge in [-0.2, -0.15) is 4.98 Å². The van der Waals surface area contributed by atoms with Gasteiger partial charge in [-0.3, -0.25) is 9.13 Å². The van der Waals surface area contributed by atoms with Crippen LogP contribution in [0.5, 0.6) is 5.88 Å². The molecule has 32 heavy (non-hydrogen) atoms. The van der Waals surface area contributed by atoms with Crippen molar-refractivity contribution in [3.63, 3.8) is 0 Å². The summed E-state index contributed by atoms with van der Waals surface area (Å²) in [6.45, 7) is 3.03. The molecule has 1 aromatic carbocycles. The monoisotopic (exact) mass is 432 g/mol. The van der Waals surface area contributed by atoms with Crippen LogP contribution >= 0.6 is 0 Å². The van der Waals surface area contributed by atoms with Gasteiger partial charge in [-0.25, -0.2) is 19.6 Å². The van der Waals surface area contributed by atoms with Crippen LogP contribution in [0.1, 0.15) is 16.1 Å². The first kappa shape index (κ1) is 19.7. The van der Waals surface area contributed by atoms with E-state index in [2.05, 4.69) is 19.9 Å². The van der Waals surface area contributed by atoms with Crippen molar-refractivity contribution in [1.82, 2.24) is 24.1 Å². The summed E-state index contributed by atoms with van der Waals surface area (Å²) in [5.74, 6) is -0.263. The quantitative estimate of drug-likeness (QED) is 0.524. The Kier molecular flexibility index (Phi) is 4.43. The highest BCUT2D eigenvalue weighted by Crippen LogP contribution is 2.37. The molecule has 1 aliphatic heterocycles. The highest BCUT2D eigenvalue weighted by molar-refractivity contribution is 5.86. The third-order valence-corrected chi connectivity index (χ3v) is 5.67. The number of aromatic nitrogens is 5. The van der Waals surface area contributed by atoms with Crippen molar-refractivity contribution in [2.24, 2.45) is 14.1 Å². The van der Waals surface area contributed by atoms with E-state index < -0.39 is 5.97 Å². The maximum absolute atomic E-state index is 12.4. The number of ether oxygens (including phenoxy) is 1. The zero-order valence-electron chi connectivity index (χ0n) is 17.7. The van der Waals surface area contributed by atoms with Gasteiger partial charge in [0.15, 0.2) is 5.82 Å². The van der Waals surface area contributed by atoms with Gasteiger partial charge in [0.25, 0.3) is 0 Å². The van der Waals surface area contributed by atoms with E-state index >= 15 is 0 Å². The number of aryl methyl sites for hydroxylation is 3. The molecule has 162 valence electrons. The SMILES string of the molecule is Cc1cc(N2CCOc3nc(-c4ccc(C(=O)O)nc4)ncc32)cc2c1n(C)c(=O)n2C. The van der Waals surface area contributed by atoms with E-state index in [1.807, 2.05) is 19.1 Å². The number of aromatic carboxylic acids is 1. The fourth-order valence-electron chi connectivity index (χ4n) is 4.08. The lowest BCUT2D eigenvalue weighted by molar-refractivity contribution is 0.0690. The lowest BCUT2D eigenvalue weighted by Gasteiger charge is -2.30. The van der Waals surface area contributed by atoms with Crippen LogP contribution in [0.25, 0.3) is 22.4 Å². The number of hydrogen-bond donors (Lipinski definition) is 1. The number of nitrogens with zero attached hydrogens (tertiary/aromatic N) is 6. The molecule has 4 heterocycles. The van der Waals surface area contributed by atoms with Crippen molar-refractivity contribution in [3.05, 3.63) is 58.4 Å². The van der Waals surface area contributed by atoms with Gasteiger partial charge in [-0.05, 0) is 36.8 Å². The number of anilines is 2. The van der Waals surface area contributed by atoms with Gasteiger partial charge < -0.3 is 14.7 Å². The number of carboxylic acid groups (broad SMARTS) is 1. The van der Waals surface area contributed by atoms with E-state index in [1.54, 1.807) is 35.5 Å². The van der Waals surface area contributed by atoms with Crippen LogP contribution in [0, 0.1) is 6.92 Å². The third kappa shape index (κ3) is 2.99. The first-order valence-electron chi connectivity index (χ1n) is 9.98. The molecule has 5 rings (SSSR count). The smallest absolute Gasteiger partial charge is 0.354 e. The topological polar surface area (TPSA) is 115 Å². The number of rotatable bonds is 3. The molecule has 0 saturated heterocycles. The second kappa shape index (κ2) is 7.19. The lowest BCUT2D eigenvalue weighted by Crippen LogP contribution is -2.29. The molecule has 0 radical (unpaired) electrons. The fourth-order valence-corrected chi connectivity index (χ4v) is 4.08. The molecule has 0 aliphatic carbocycles. The Bertz CT molecular complexity index is 1440. The van der Waals surface area contributed by atoms with Crippen LogP contribution in [0.15, 0.2) is 41.5 Å². The van der Waals surface area contributed by atoms with E-state index in [-0.39, 0.29) is 11.4 Å². The van der Waals surface area contributed by atoms with Crippen molar-refractivity contribution in [2.45, 2.75) is 6.92 Å². The number of benzene rings is 1. The fraction of sp³-hybridized carbons (Fsp3) is 0.227. The maximum atomic E-state index is 12.4. The molecule has 0 saturated carbocycles. The summed E-state index contributed by atoms with van der Waals surface area (Å²) in [5, 5.41) is 9.02. The normalized spacial score (nSPS) is 13.2. The molecule has 1 aliphatic rings. The Morgan fingerprint density at radius 1 is 1.12 bits per heavy atom. The van der Waals surface area contributed by atoms with Crippen LogP contribution in [0.2, 0.25) is 0 Å². The minimum Gasteiger partial charge on any atom is -0.477 e. The average Bonchev–Trinajstić information content (AvgIpc) is 3.02. The Balaban J connectivity index is 1.56. The molecular weight excluding hydrogens is 412 g/mol. The summed E-state index contributed by atoms with van der Waals surface area (Å²) in [5.41, 5.74) is 4.86. The van der Waals surface area contributed by atoms with Crippen LogP contribution in [0.4, 0.5) is 11.4 Å². The van der Waals surface area contributed by atoms with Crippen molar-refractivity contribution < 1.29 is 14.6 Å². The molecule has 1 N–H and O–H groups in total. The summed E-state index contributed by atoms with van der Waals surface area (Å²) in [6.07, 6.45) is 3.12. The van der Waals surface area contributed by atoms with Gasteiger partial charge in [0.1, 0.15) is 18.0 Å². The van der Waals surface area contributed by atoms with Crippen LogP contribution < -0.4 is 15.3 Å². The summed E-state index contributed by atoms with van der Waals surface area (Å²) in [6, 6.07) is 7.06. The van der Waals surface area contributed by atoms with E-state index in [9.17, 15) is 9.59 Å². The second-order valence-electron chi connectivity index (χ2n) is 7.65. The predicted molar refractivity (Wildman–Crippen MR) is 118 cm³/mol. The van der Waals surface area contributed by atoms with Crippen LogP contribution in [0.3, 0.4) is 0 Å². The standard InChI is InChI=1S/C22H20N6O4/c1-12-8-14(9-16-18(12)27(3)22(31)26(16)2)28-6-7-32-20-17(28)11-24-19(25-20)13-4-5-15(21(29)30)23-10-13/h4-5,8-11H,6-7H2,1-3H3,(H,29,30). The summed E-state index contributed by atoms with van der Waals surface area (Å²) < 4.78 is 9.09. The zero-order valence-corrected chi connectivity index (χ0v) is 17.7. The first-order chi connectivity index (χ1) is 15.3. The molecule has 3 aromatic heterocycles. The summed E-state index contributed by atoms with van der Waals surface area (Å²) >= 11 is 0. The van der Waals surface area contributed by atoms with Gasteiger partial charge >= 0.3 is 11.7 Å². The molecule has 0 amide bonds. The van der Waals surface area contributed by atoms with Gasteiger partial charge in [0, 0.05) is 31.5 Å². The van der Waals surface area contributed by atoms with E-state index in [0.29, 0.717) is 30.4 Å². The molecular formula is C22H20N6O4. The molecule has 0 bridgehead atoms. The molecule has 0 fully saturated rings. The van der Waals surface area contributed by atoms with Crippen LogP contribution in [-0.2, 0) is 14.1 Å². The van der Waals surface area contributed by atoms with Crippen molar-refractivity contribution >= 4 is 28.4 Å². The van der Waals surface area contributed by atoms with Crippen molar-refractivity contribution in [3.8, 4) is 17.3 Å². The van der Waals surface area contributed by atoms with Gasteiger partial charge in [0.05, 0.1) is 23.8 Å². The Morgan fingerprint density at radius 2 is 1.94 bits per heavy atom. The van der Waals surface area contributed by atoms with E-state index in [1.165, 1.54) is 12.3 Å². The number of imidazole rings is 1. The molecule has 10 heteroatoms. The number of hydrogen-bond acceptors (Lipinski definition) is 7. The second-order valence-corrected chi connectivity index (χ2v) is 7.65. The maximum Gasteiger partial charge on any atom is 0.354 e. The molecule has 10 nitrogen and oxygen atoms in total. The lowest BCUT2D eigenvalue weighted by atomic mass is 10.1. The minimum absolute atomic E-state index is 0.0461. The number of fused-ring (bicyclic) bond motifs is 2. The highest BCUT2D eigenvalue weighted by Gasteiger charge is 2.24. The Labute approximate surface area is 182 Å². The molecule has 4 aromatic rings. The van der Waals surface area contributed by atoms with E-state index in [0.717, 1.165) is 28.0 Å². The minimum atomic E-state index is -1.09. The first-order valence-corrected chi connectivity index (χ1v) is 9.98. The van der Waals surface area contributed by atoms with Gasteiger partial charge in [-0.15, -0.1) is 0 Å². The zero-order chi connectivity index (χ0) is 22.6. The highest BCUT2D eigenvalue weighted by atomic mass is 16.5. The largest absolute Gasteiger partial charge is 0.477 e. The summed E-state index contributed by atoms with van der Waals surface area (Å²) in [4.78, 5) is 38.4. The number of carboxylic acids is 1. The Hall–Kier alpha value is -4.21. The molecule has 0 atom stereocenters. The third-order valence-electron chi connectivity index (χ3n) is 5.67. The predicted octanol–water partition coefficient (Wildman–Crippen LogP) is 2.27. The van der Waals surface area contributed by atoms with E-state index in [4.69, 9.17) is 9.84 Å². The number of pyridine rings is 1.